The van der Waals surface area contributed by atoms with E-state index in [0.29, 0.717) is 17.2 Å². The van der Waals surface area contributed by atoms with Gasteiger partial charge in [0, 0.05) is 17.7 Å². The van der Waals surface area contributed by atoms with E-state index in [1.807, 2.05) is 13.8 Å². The predicted molar refractivity (Wildman–Crippen MR) is 85.3 cm³/mol. The van der Waals surface area contributed by atoms with Crippen LogP contribution in [0.3, 0.4) is 0 Å². The molecule has 0 aliphatic rings. The van der Waals surface area contributed by atoms with Crippen molar-refractivity contribution in [3.63, 3.8) is 0 Å². The molecule has 6 heteroatoms. The Morgan fingerprint density at radius 1 is 1.09 bits per heavy atom. The molecule has 0 heterocycles. The third-order valence-corrected chi connectivity index (χ3v) is 3.45. The van der Waals surface area contributed by atoms with Crippen LogP contribution in [-0.4, -0.2) is 32.6 Å². The van der Waals surface area contributed by atoms with Gasteiger partial charge in [-0.25, -0.2) is 0 Å². The molecule has 0 bridgehead atoms. The van der Waals surface area contributed by atoms with Crippen LogP contribution < -0.4 is 20.1 Å². The van der Waals surface area contributed by atoms with Gasteiger partial charge in [-0.15, -0.1) is 0 Å². The van der Waals surface area contributed by atoms with Gasteiger partial charge in [-0.05, 0) is 25.0 Å². The van der Waals surface area contributed by atoms with E-state index in [-0.39, 0.29) is 24.3 Å². The van der Waals surface area contributed by atoms with Crippen LogP contribution in [0.15, 0.2) is 18.2 Å². The summed E-state index contributed by atoms with van der Waals surface area (Å²) in [6, 6.07) is 5.08. The number of nitrogens with one attached hydrogen (secondary N) is 2. The minimum absolute atomic E-state index is 0.0473. The summed E-state index contributed by atoms with van der Waals surface area (Å²) in [5, 5.41) is 5.36. The SMILES string of the molecule is CCC(CC)C(=O)NCC(=O)Nc1ccc(OC)c(OC)c1. The highest BCUT2D eigenvalue weighted by atomic mass is 16.5. The minimum Gasteiger partial charge on any atom is -0.493 e. The van der Waals surface area contributed by atoms with Crippen molar-refractivity contribution in [2.75, 3.05) is 26.1 Å². The van der Waals surface area contributed by atoms with Crippen LogP contribution in [0.4, 0.5) is 5.69 Å². The first-order valence-electron chi connectivity index (χ1n) is 7.35. The summed E-state index contributed by atoms with van der Waals surface area (Å²) in [6.07, 6.45) is 1.53. The second kappa shape index (κ2) is 8.92. The van der Waals surface area contributed by atoms with Crippen LogP contribution in [0.25, 0.3) is 0 Å². The lowest BCUT2D eigenvalue weighted by Gasteiger charge is -2.13. The first-order chi connectivity index (χ1) is 10.5. The molecule has 1 aromatic rings. The number of ether oxygens (including phenoxy) is 2. The third kappa shape index (κ3) is 4.95. The molecule has 122 valence electrons. The highest BCUT2D eigenvalue weighted by Gasteiger charge is 2.15. The van der Waals surface area contributed by atoms with Gasteiger partial charge < -0.3 is 20.1 Å². The Bertz CT molecular complexity index is 513. The largest absolute Gasteiger partial charge is 0.493 e. The molecule has 22 heavy (non-hydrogen) atoms. The molecule has 0 fully saturated rings. The Labute approximate surface area is 131 Å². The first-order valence-corrected chi connectivity index (χ1v) is 7.35. The van der Waals surface area contributed by atoms with Crippen LogP contribution in [0.1, 0.15) is 26.7 Å². The molecule has 0 spiro atoms. The lowest BCUT2D eigenvalue weighted by molar-refractivity contribution is -0.127. The van der Waals surface area contributed by atoms with E-state index in [9.17, 15) is 9.59 Å². The minimum atomic E-state index is -0.286. The molecule has 0 unspecified atom stereocenters. The van der Waals surface area contributed by atoms with E-state index in [1.165, 1.54) is 7.11 Å². The second-order valence-corrected chi connectivity index (χ2v) is 4.85. The quantitative estimate of drug-likeness (QED) is 0.772. The lowest BCUT2D eigenvalue weighted by Crippen LogP contribution is -2.36. The fourth-order valence-electron chi connectivity index (χ4n) is 2.09. The molecule has 0 radical (unpaired) electrons. The normalized spacial score (nSPS) is 10.2. The van der Waals surface area contributed by atoms with Crippen molar-refractivity contribution in [2.45, 2.75) is 26.7 Å². The molecule has 0 aromatic heterocycles. The summed E-state index contributed by atoms with van der Waals surface area (Å²) in [4.78, 5) is 23.7. The monoisotopic (exact) mass is 308 g/mol. The summed E-state index contributed by atoms with van der Waals surface area (Å²) < 4.78 is 10.3. The maximum absolute atomic E-state index is 11.9. The summed E-state index contributed by atoms with van der Waals surface area (Å²) >= 11 is 0. The maximum Gasteiger partial charge on any atom is 0.243 e. The van der Waals surface area contributed by atoms with Crippen LogP contribution in [-0.2, 0) is 9.59 Å². The van der Waals surface area contributed by atoms with Gasteiger partial charge in [0.15, 0.2) is 11.5 Å². The average molecular weight is 308 g/mol. The van der Waals surface area contributed by atoms with Crippen molar-refractivity contribution in [1.29, 1.82) is 0 Å². The smallest absolute Gasteiger partial charge is 0.243 e. The van der Waals surface area contributed by atoms with Gasteiger partial charge in [0.2, 0.25) is 11.8 Å². The van der Waals surface area contributed by atoms with Crippen molar-refractivity contribution >= 4 is 17.5 Å². The van der Waals surface area contributed by atoms with Gasteiger partial charge in [0.25, 0.3) is 0 Å². The Kier molecular flexibility index (Phi) is 7.22. The van der Waals surface area contributed by atoms with Crippen molar-refractivity contribution < 1.29 is 19.1 Å². The fourth-order valence-corrected chi connectivity index (χ4v) is 2.09. The second-order valence-electron chi connectivity index (χ2n) is 4.85. The van der Waals surface area contributed by atoms with Crippen LogP contribution in [0, 0.1) is 5.92 Å². The summed E-state index contributed by atoms with van der Waals surface area (Å²) in [6.45, 7) is 3.86. The molecule has 0 aliphatic carbocycles. The number of carbonyl (C=O) groups excluding carboxylic acids is 2. The molecule has 2 N–H and O–H groups in total. The van der Waals surface area contributed by atoms with Gasteiger partial charge in [-0.2, -0.15) is 0 Å². The maximum atomic E-state index is 11.9. The molecule has 1 rings (SSSR count). The fraction of sp³-hybridized carbons (Fsp3) is 0.500. The van der Waals surface area contributed by atoms with E-state index < -0.39 is 0 Å². The molecular weight excluding hydrogens is 284 g/mol. The van der Waals surface area contributed by atoms with E-state index in [4.69, 9.17) is 9.47 Å². The Morgan fingerprint density at radius 2 is 1.73 bits per heavy atom. The van der Waals surface area contributed by atoms with Gasteiger partial charge >= 0.3 is 0 Å². The number of hydrogen-bond acceptors (Lipinski definition) is 4. The molecule has 0 aliphatic heterocycles. The molecule has 0 saturated heterocycles. The van der Waals surface area contributed by atoms with E-state index in [2.05, 4.69) is 10.6 Å². The summed E-state index contributed by atoms with van der Waals surface area (Å²) in [7, 11) is 3.07. The number of carbonyl (C=O) groups is 2. The zero-order valence-corrected chi connectivity index (χ0v) is 13.6. The molecule has 2 amide bonds. The molecule has 1 aromatic carbocycles. The number of hydrogen-bond donors (Lipinski definition) is 2. The highest BCUT2D eigenvalue weighted by molar-refractivity contribution is 5.95. The van der Waals surface area contributed by atoms with Gasteiger partial charge in [0.05, 0.1) is 20.8 Å². The molecule has 6 nitrogen and oxygen atoms in total. The van der Waals surface area contributed by atoms with Crippen molar-refractivity contribution in [1.82, 2.24) is 5.32 Å². The van der Waals surface area contributed by atoms with Crippen molar-refractivity contribution in [3.8, 4) is 11.5 Å². The van der Waals surface area contributed by atoms with Crippen molar-refractivity contribution in [3.05, 3.63) is 18.2 Å². The van der Waals surface area contributed by atoms with Gasteiger partial charge in [-0.1, -0.05) is 13.8 Å². The van der Waals surface area contributed by atoms with E-state index in [1.54, 1.807) is 25.3 Å². The predicted octanol–water partition coefficient (Wildman–Crippen LogP) is 2.19. The standard InChI is InChI=1S/C16H24N2O4/c1-5-11(6-2)16(20)17-10-15(19)18-12-7-8-13(21-3)14(9-12)22-4/h7-9,11H,5-6,10H2,1-4H3,(H,17,20)(H,18,19). The summed E-state index contributed by atoms with van der Waals surface area (Å²) in [5.74, 6) is 0.691. The summed E-state index contributed by atoms with van der Waals surface area (Å²) in [5.41, 5.74) is 0.583. The van der Waals surface area contributed by atoms with E-state index in [0.717, 1.165) is 12.8 Å². The van der Waals surface area contributed by atoms with Crippen LogP contribution in [0.5, 0.6) is 11.5 Å². The molecular formula is C16H24N2O4. The van der Waals surface area contributed by atoms with Crippen molar-refractivity contribution in [2.24, 2.45) is 5.92 Å². The topological polar surface area (TPSA) is 76.7 Å². The Hall–Kier alpha value is -2.24. The number of amides is 2. The molecule has 0 saturated carbocycles. The van der Waals surface area contributed by atoms with Crippen LogP contribution in [0.2, 0.25) is 0 Å². The number of anilines is 1. The zero-order chi connectivity index (χ0) is 16.5. The highest BCUT2D eigenvalue weighted by Crippen LogP contribution is 2.29. The number of benzene rings is 1. The number of rotatable bonds is 8. The number of methoxy groups -OCH3 is 2. The first kappa shape index (κ1) is 17.8. The lowest BCUT2D eigenvalue weighted by atomic mass is 10.0. The van der Waals surface area contributed by atoms with Crippen LogP contribution >= 0.6 is 0 Å². The average Bonchev–Trinajstić information content (AvgIpc) is 2.53. The Balaban J connectivity index is 2.57. The molecule has 0 atom stereocenters. The third-order valence-electron chi connectivity index (χ3n) is 3.45. The zero-order valence-electron chi connectivity index (χ0n) is 13.6. The van der Waals surface area contributed by atoms with Gasteiger partial charge in [0.1, 0.15) is 0 Å². The van der Waals surface area contributed by atoms with Gasteiger partial charge in [-0.3, -0.25) is 9.59 Å². The Morgan fingerprint density at radius 3 is 2.27 bits per heavy atom. The van der Waals surface area contributed by atoms with E-state index >= 15 is 0 Å².